The molecule has 1 aliphatic rings. The molecule has 1 unspecified atom stereocenters. The Morgan fingerprint density at radius 1 is 1.21 bits per heavy atom. The molecule has 28 heavy (non-hydrogen) atoms. The second kappa shape index (κ2) is 7.38. The lowest BCUT2D eigenvalue weighted by atomic mass is 10.1. The molecule has 0 radical (unpaired) electrons. The lowest BCUT2D eigenvalue weighted by molar-refractivity contribution is -0.117. The van der Waals surface area contributed by atoms with Gasteiger partial charge in [-0.25, -0.2) is 0 Å². The fraction of sp³-hybridized carbons (Fsp3) is 0.273. The molecule has 0 aliphatic carbocycles. The molecule has 2 amide bonds. The Bertz CT molecular complexity index is 1020. The van der Waals surface area contributed by atoms with Gasteiger partial charge in [-0.15, -0.1) is 0 Å². The maximum atomic E-state index is 12.6. The van der Waals surface area contributed by atoms with Gasteiger partial charge in [0.25, 0.3) is 5.91 Å². The van der Waals surface area contributed by atoms with E-state index in [1.54, 1.807) is 24.1 Å². The van der Waals surface area contributed by atoms with Crippen molar-refractivity contribution in [3.8, 4) is 5.75 Å². The van der Waals surface area contributed by atoms with Gasteiger partial charge >= 0.3 is 0 Å². The lowest BCUT2D eigenvalue weighted by Gasteiger charge is -2.16. The van der Waals surface area contributed by atoms with Crippen LogP contribution in [-0.2, 0) is 4.79 Å². The highest BCUT2D eigenvalue weighted by Gasteiger charge is 2.22. The number of carbonyl (C=O) groups is 2. The quantitative estimate of drug-likeness (QED) is 0.727. The summed E-state index contributed by atoms with van der Waals surface area (Å²) in [6, 6.07) is 14.4. The minimum atomic E-state index is -0.301. The highest BCUT2D eigenvalue weighted by Crippen LogP contribution is 2.31. The predicted molar refractivity (Wildman–Crippen MR) is 107 cm³/mol. The maximum Gasteiger partial charge on any atom is 0.251 e. The largest absolute Gasteiger partial charge is 0.493 e. The molecular formula is C22H22N2O4. The number of methoxy groups -OCH3 is 1. The first-order valence-corrected chi connectivity index (χ1v) is 9.34. The second-order valence-electron chi connectivity index (χ2n) is 6.92. The van der Waals surface area contributed by atoms with Gasteiger partial charge in [0.05, 0.1) is 13.2 Å². The van der Waals surface area contributed by atoms with E-state index in [1.165, 1.54) is 0 Å². The molecule has 1 aliphatic heterocycles. The van der Waals surface area contributed by atoms with Crippen LogP contribution in [0.5, 0.6) is 5.75 Å². The minimum Gasteiger partial charge on any atom is -0.493 e. The Kier molecular flexibility index (Phi) is 4.77. The van der Waals surface area contributed by atoms with Gasteiger partial charge in [-0.3, -0.25) is 9.59 Å². The van der Waals surface area contributed by atoms with Gasteiger partial charge < -0.3 is 19.4 Å². The summed E-state index contributed by atoms with van der Waals surface area (Å²) in [5, 5.41) is 3.88. The van der Waals surface area contributed by atoms with Gasteiger partial charge in [0, 0.05) is 29.6 Å². The average Bonchev–Trinajstić information content (AvgIpc) is 3.34. The summed E-state index contributed by atoms with van der Waals surface area (Å²) in [6.45, 7) is 2.61. The molecule has 6 heteroatoms. The molecule has 2 heterocycles. The SMILES string of the molecule is COc1cccc2cc(C(C)NC(=O)c3ccc(N4CCCC4=O)cc3)oc12. The van der Waals surface area contributed by atoms with Gasteiger partial charge in [-0.05, 0) is 49.7 Å². The normalized spacial score (nSPS) is 15.1. The molecule has 4 rings (SSSR count). The first-order valence-electron chi connectivity index (χ1n) is 9.34. The van der Waals surface area contributed by atoms with E-state index >= 15 is 0 Å². The zero-order valence-electron chi connectivity index (χ0n) is 15.9. The van der Waals surface area contributed by atoms with Gasteiger partial charge in [-0.1, -0.05) is 12.1 Å². The zero-order chi connectivity index (χ0) is 19.7. The van der Waals surface area contributed by atoms with E-state index in [0.29, 0.717) is 29.1 Å². The molecule has 6 nitrogen and oxygen atoms in total. The smallest absolute Gasteiger partial charge is 0.251 e. The molecule has 0 spiro atoms. The van der Waals surface area contributed by atoms with Crippen molar-refractivity contribution in [2.75, 3.05) is 18.6 Å². The van der Waals surface area contributed by atoms with Crippen LogP contribution in [0.3, 0.4) is 0 Å². The fourth-order valence-corrected chi connectivity index (χ4v) is 3.50. The monoisotopic (exact) mass is 378 g/mol. The summed E-state index contributed by atoms with van der Waals surface area (Å²) >= 11 is 0. The lowest BCUT2D eigenvalue weighted by Crippen LogP contribution is -2.27. The van der Waals surface area contributed by atoms with E-state index in [1.807, 2.05) is 43.3 Å². The number of nitrogens with one attached hydrogen (secondary N) is 1. The van der Waals surface area contributed by atoms with Crippen molar-refractivity contribution in [1.82, 2.24) is 5.32 Å². The van der Waals surface area contributed by atoms with Crippen LogP contribution in [0.4, 0.5) is 5.69 Å². The Hall–Kier alpha value is -3.28. The van der Waals surface area contributed by atoms with E-state index in [9.17, 15) is 9.59 Å². The van der Waals surface area contributed by atoms with Gasteiger partial charge in [0.2, 0.25) is 5.91 Å². The third-order valence-electron chi connectivity index (χ3n) is 5.04. The van der Waals surface area contributed by atoms with Crippen LogP contribution in [-0.4, -0.2) is 25.5 Å². The summed E-state index contributed by atoms with van der Waals surface area (Å²) in [5.41, 5.74) is 2.04. The summed E-state index contributed by atoms with van der Waals surface area (Å²) < 4.78 is 11.2. The molecule has 1 atom stereocenters. The Morgan fingerprint density at radius 3 is 2.68 bits per heavy atom. The molecule has 1 aromatic heterocycles. The van der Waals surface area contributed by atoms with Crippen molar-refractivity contribution in [3.05, 3.63) is 59.9 Å². The van der Waals surface area contributed by atoms with Crippen molar-refractivity contribution in [2.45, 2.75) is 25.8 Å². The molecule has 1 saturated heterocycles. The van der Waals surface area contributed by atoms with Gasteiger partial charge in [0.1, 0.15) is 5.76 Å². The number of hydrogen-bond donors (Lipinski definition) is 1. The van der Waals surface area contributed by atoms with Crippen LogP contribution >= 0.6 is 0 Å². The third kappa shape index (κ3) is 3.33. The number of amides is 2. The first kappa shape index (κ1) is 18.1. The van der Waals surface area contributed by atoms with E-state index in [0.717, 1.165) is 24.0 Å². The number of para-hydroxylation sites is 1. The molecule has 2 aromatic carbocycles. The van der Waals surface area contributed by atoms with Crippen LogP contribution in [0.25, 0.3) is 11.0 Å². The number of nitrogens with zero attached hydrogens (tertiary/aromatic N) is 1. The summed E-state index contributed by atoms with van der Waals surface area (Å²) in [5.74, 6) is 1.26. The number of hydrogen-bond acceptors (Lipinski definition) is 4. The van der Waals surface area contributed by atoms with E-state index in [4.69, 9.17) is 9.15 Å². The van der Waals surface area contributed by atoms with Crippen molar-refractivity contribution < 1.29 is 18.7 Å². The van der Waals surface area contributed by atoms with Crippen molar-refractivity contribution >= 4 is 28.5 Å². The van der Waals surface area contributed by atoms with E-state index < -0.39 is 0 Å². The highest BCUT2D eigenvalue weighted by atomic mass is 16.5. The standard InChI is InChI=1S/C22H22N2O4/c1-14(19-13-16-5-3-6-18(27-2)21(16)28-19)23-22(26)15-8-10-17(11-9-15)24-12-4-7-20(24)25/h3,5-6,8-11,13-14H,4,7,12H2,1-2H3,(H,23,26). The van der Waals surface area contributed by atoms with Crippen molar-refractivity contribution in [1.29, 1.82) is 0 Å². The van der Waals surface area contributed by atoms with E-state index in [-0.39, 0.29) is 17.9 Å². The van der Waals surface area contributed by atoms with Crippen LogP contribution in [0, 0.1) is 0 Å². The van der Waals surface area contributed by atoms with Crippen LogP contribution in [0.15, 0.2) is 52.9 Å². The minimum absolute atomic E-state index is 0.131. The Morgan fingerprint density at radius 2 is 2.00 bits per heavy atom. The van der Waals surface area contributed by atoms with Crippen LogP contribution < -0.4 is 15.0 Å². The Balaban J connectivity index is 1.48. The number of rotatable bonds is 5. The van der Waals surface area contributed by atoms with Gasteiger partial charge in [0.15, 0.2) is 11.3 Å². The second-order valence-corrected chi connectivity index (χ2v) is 6.92. The number of carbonyl (C=O) groups excluding carboxylic acids is 2. The fourth-order valence-electron chi connectivity index (χ4n) is 3.50. The van der Waals surface area contributed by atoms with Crippen LogP contribution in [0.1, 0.15) is 41.9 Å². The van der Waals surface area contributed by atoms with Gasteiger partial charge in [-0.2, -0.15) is 0 Å². The molecule has 144 valence electrons. The zero-order valence-corrected chi connectivity index (χ0v) is 15.9. The van der Waals surface area contributed by atoms with Crippen molar-refractivity contribution in [2.24, 2.45) is 0 Å². The first-order chi connectivity index (χ1) is 13.6. The molecule has 3 aromatic rings. The average molecular weight is 378 g/mol. The third-order valence-corrected chi connectivity index (χ3v) is 5.04. The summed E-state index contributed by atoms with van der Waals surface area (Å²) in [7, 11) is 1.60. The molecule has 1 N–H and O–H groups in total. The van der Waals surface area contributed by atoms with E-state index in [2.05, 4.69) is 5.32 Å². The number of ether oxygens (including phenoxy) is 1. The molecular weight excluding hydrogens is 356 g/mol. The van der Waals surface area contributed by atoms with Crippen LogP contribution in [0.2, 0.25) is 0 Å². The summed E-state index contributed by atoms with van der Waals surface area (Å²) in [6.07, 6.45) is 1.46. The summed E-state index contributed by atoms with van der Waals surface area (Å²) in [4.78, 5) is 26.2. The highest BCUT2D eigenvalue weighted by molar-refractivity contribution is 5.97. The van der Waals surface area contributed by atoms with Crippen molar-refractivity contribution in [3.63, 3.8) is 0 Å². The number of furan rings is 1. The molecule has 0 saturated carbocycles. The number of anilines is 1. The Labute approximate surface area is 163 Å². The number of benzene rings is 2. The molecule has 1 fully saturated rings. The molecule has 0 bridgehead atoms. The topological polar surface area (TPSA) is 71.8 Å². The predicted octanol–water partition coefficient (Wildman–Crippen LogP) is 4.06. The maximum absolute atomic E-state index is 12.6. The number of fused-ring (bicyclic) bond motifs is 1.